The topological polar surface area (TPSA) is 43.8 Å². The van der Waals surface area contributed by atoms with Gasteiger partial charge >= 0.3 is 0 Å². The monoisotopic (exact) mass is 335 g/mol. The van der Waals surface area contributed by atoms with Crippen molar-refractivity contribution in [1.82, 2.24) is 20.1 Å². The van der Waals surface area contributed by atoms with Crippen molar-refractivity contribution < 1.29 is 0 Å². The SMILES string of the molecule is CN=C(NCc1nc(C)c(C)s1)N1CCC(CN2CCCC2)C1. The molecule has 0 radical (unpaired) electrons. The van der Waals surface area contributed by atoms with E-state index in [-0.39, 0.29) is 0 Å². The predicted molar refractivity (Wildman–Crippen MR) is 97.1 cm³/mol. The Morgan fingerprint density at radius 2 is 2.09 bits per heavy atom. The molecule has 23 heavy (non-hydrogen) atoms. The third-order valence-corrected chi connectivity index (χ3v) is 6.06. The third-order valence-electron chi connectivity index (χ3n) is 4.98. The molecule has 0 aliphatic carbocycles. The van der Waals surface area contributed by atoms with E-state index in [4.69, 9.17) is 0 Å². The molecule has 2 aliphatic heterocycles. The average Bonchev–Trinajstić information content (AvgIpc) is 3.25. The van der Waals surface area contributed by atoms with Crippen molar-refractivity contribution in [2.45, 2.75) is 39.7 Å². The van der Waals surface area contributed by atoms with Crippen LogP contribution in [0.5, 0.6) is 0 Å². The van der Waals surface area contributed by atoms with Crippen LogP contribution in [0.15, 0.2) is 4.99 Å². The van der Waals surface area contributed by atoms with E-state index in [0.717, 1.165) is 42.2 Å². The highest BCUT2D eigenvalue weighted by molar-refractivity contribution is 7.11. The van der Waals surface area contributed by atoms with Gasteiger partial charge in [0.2, 0.25) is 0 Å². The van der Waals surface area contributed by atoms with Crippen LogP contribution in [-0.2, 0) is 6.54 Å². The summed E-state index contributed by atoms with van der Waals surface area (Å²) in [5.41, 5.74) is 1.15. The van der Waals surface area contributed by atoms with Gasteiger partial charge in [0.25, 0.3) is 0 Å². The molecule has 5 nitrogen and oxygen atoms in total. The van der Waals surface area contributed by atoms with Crippen LogP contribution < -0.4 is 5.32 Å². The third kappa shape index (κ3) is 4.23. The zero-order valence-corrected chi connectivity index (χ0v) is 15.5. The molecule has 1 aromatic heterocycles. The molecular formula is C17H29N5S. The Bertz CT molecular complexity index is 528. The number of aromatic nitrogens is 1. The molecule has 0 spiro atoms. The number of aryl methyl sites for hydroxylation is 2. The molecule has 1 unspecified atom stereocenters. The van der Waals surface area contributed by atoms with Gasteiger partial charge in [-0.05, 0) is 52.1 Å². The molecule has 0 saturated carbocycles. The van der Waals surface area contributed by atoms with Crippen LogP contribution in [0.2, 0.25) is 0 Å². The summed E-state index contributed by atoms with van der Waals surface area (Å²) in [6.45, 7) is 11.1. The van der Waals surface area contributed by atoms with Gasteiger partial charge in [0.15, 0.2) is 5.96 Å². The number of hydrogen-bond donors (Lipinski definition) is 1. The molecule has 1 N–H and O–H groups in total. The van der Waals surface area contributed by atoms with Crippen LogP contribution in [0.4, 0.5) is 0 Å². The molecule has 1 atom stereocenters. The van der Waals surface area contributed by atoms with E-state index in [2.05, 4.69) is 38.9 Å². The number of thiazole rings is 1. The van der Waals surface area contributed by atoms with Crippen LogP contribution in [0.1, 0.15) is 34.8 Å². The molecule has 2 fully saturated rings. The number of likely N-dealkylation sites (tertiary alicyclic amines) is 2. The van der Waals surface area contributed by atoms with E-state index in [1.54, 1.807) is 11.3 Å². The molecule has 3 heterocycles. The Morgan fingerprint density at radius 3 is 2.74 bits per heavy atom. The predicted octanol–water partition coefficient (Wildman–Crippen LogP) is 2.25. The first-order valence-electron chi connectivity index (χ1n) is 8.76. The van der Waals surface area contributed by atoms with E-state index in [1.165, 1.54) is 43.8 Å². The second-order valence-corrected chi connectivity index (χ2v) is 8.05. The van der Waals surface area contributed by atoms with Crippen LogP contribution in [0.3, 0.4) is 0 Å². The lowest BCUT2D eigenvalue weighted by Gasteiger charge is -2.23. The van der Waals surface area contributed by atoms with E-state index < -0.39 is 0 Å². The zero-order valence-electron chi connectivity index (χ0n) is 14.6. The number of aliphatic imine (C=N–C) groups is 1. The van der Waals surface area contributed by atoms with E-state index in [9.17, 15) is 0 Å². The van der Waals surface area contributed by atoms with Gasteiger partial charge < -0.3 is 15.1 Å². The van der Waals surface area contributed by atoms with Crippen molar-refractivity contribution in [3.05, 3.63) is 15.6 Å². The normalized spacial score (nSPS) is 23.0. The molecular weight excluding hydrogens is 306 g/mol. The number of rotatable bonds is 4. The Balaban J connectivity index is 1.48. The van der Waals surface area contributed by atoms with Gasteiger partial charge in [-0.25, -0.2) is 4.98 Å². The van der Waals surface area contributed by atoms with Crippen LogP contribution >= 0.6 is 11.3 Å². The fourth-order valence-electron chi connectivity index (χ4n) is 3.61. The molecule has 128 valence electrons. The lowest BCUT2D eigenvalue weighted by Crippen LogP contribution is -2.40. The Kier molecular flexibility index (Phi) is 5.54. The maximum absolute atomic E-state index is 4.60. The van der Waals surface area contributed by atoms with Crippen molar-refractivity contribution in [3.8, 4) is 0 Å². The molecule has 2 saturated heterocycles. The minimum atomic E-state index is 0.777. The Labute approximate surface area is 143 Å². The van der Waals surface area contributed by atoms with Gasteiger partial charge in [-0.3, -0.25) is 4.99 Å². The first-order chi connectivity index (χ1) is 11.2. The van der Waals surface area contributed by atoms with Gasteiger partial charge in [-0.2, -0.15) is 0 Å². The Hall–Kier alpha value is -1.14. The average molecular weight is 336 g/mol. The summed E-state index contributed by atoms with van der Waals surface area (Å²) >= 11 is 1.78. The zero-order chi connectivity index (χ0) is 16.2. The fourth-order valence-corrected chi connectivity index (χ4v) is 4.48. The van der Waals surface area contributed by atoms with Crippen LogP contribution in [-0.4, -0.2) is 60.5 Å². The molecule has 0 aromatic carbocycles. The summed E-state index contributed by atoms with van der Waals surface area (Å²) in [5, 5.41) is 4.64. The van der Waals surface area contributed by atoms with Gasteiger partial charge in [0, 0.05) is 31.6 Å². The number of guanidine groups is 1. The summed E-state index contributed by atoms with van der Waals surface area (Å²) in [4.78, 5) is 15.4. The van der Waals surface area contributed by atoms with Crippen molar-refractivity contribution in [2.24, 2.45) is 10.9 Å². The second-order valence-electron chi connectivity index (χ2n) is 6.76. The van der Waals surface area contributed by atoms with Crippen LogP contribution in [0.25, 0.3) is 0 Å². The summed E-state index contributed by atoms with van der Waals surface area (Å²) < 4.78 is 0. The van der Waals surface area contributed by atoms with Crippen molar-refractivity contribution in [1.29, 1.82) is 0 Å². The molecule has 0 bridgehead atoms. The lowest BCUT2D eigenvalue weighted by atomic mass is 10.1. The summed E-state index contributed by atoms with van der Waals surface area (Å²) in [7, 11) is 1.88. The van der Waals surface area contributed by atoms with Crippen molar-refractivity contribution in [3.63, 3.8) is 0 Å². The molecule has 0 amide bonds. The highest BCUT2D eigenvalue weighted by Gasteiger charge is 2.27. The largest absolute Gasteiger partial charge is 0.350 e. The molecule has 3 rings (SSSR count). The highest BCUT2D eigenvalue weighted by Crippen LogP contribution is 2.20. The number of hydrogen-bond acceptors (Lipinski definition) is 4. The first kappa shape index (κ1) is 16.7. The quantitative estimate of drug-likeness (QED) is 0.677. The number of nitrogens with one attached hydrogen (secondary N) is 1. The molecule has 2 aliphatic rings. The summed E-state index contributed by atoms with van der Waals surface area (Å²) in [6, 6.07) is 0. The maximum atomic E-state index is 4.60. The van der Waals surface area contributed by atoms with E-state index >= 15 is 0 Å². The van der Waals surface area contributed by atoms with Crippen molar-refractivity contribution >= 4 is 17.3 Å². The van der Waals surface area contributed by atoms with Gasteiger partial charge in [0.05, 0.1) is 12.2 Å². The summed E-state index contributed by atoms with van der Waals surface area (Å²) in [5.74, 6) is 1.82. The summed E-state index contributed by atoms with van der Waals surface area (Å²) in [6.07, 6.45) is 4.05. The van der Waals surface area contributed by atoms with Crippen molar-refractivity contribution in [2.75, 3.05) is 39.8 Å². The van der Waals surface area contributed by atoms with Gasteiger partial charge in [0.1, 0.15) is 5.01 Å². The lowest BCUT2D eigenvalue weighted by molar-refractivity contribution is 0.281. The minimum Gasteiger partial charge on any atom is -0.350 e. The van der Waals surface area contributed by atoms with Gasteiger partial charge in [-0.1, -0.05) is 0 Å². The fraction of sp³-hybridized carbons (Fsp3) is 0.765. The second kappa shape index (κ2) is 7.62. The first-order valence-corrected chi connectivity index (χ1v) is 9.58. The van der Waals surface area contributed by atoms with E-state index in [0.29, 0.717) is 0 Å². The van der Waals surface area contributed by atoms with E-state index in [1.807, 2.05) is 7.05 Å². The molecule has 6 heteroatoms. The number of nitrogens with zero attached hydrogens (tertiary/aromatic N) is 4. The maximum Gasteiger partial charge on any atom is 0.194 e. The highest BCUT2D eigenvalue weighted by atomic mass is 32.1. The molecule has 1 aromatic rings. The van der Waals surface area contributed by atoms with Crippen LogP contribution in [0, 0.1) is 19.8 Å². The smallest absolute Gasteiger partial charge is 0.194 e. The minimum absolute atomic E-state index is 0.777. The standard InChI is InChI=1S/C17H29N5S/c1-13-14(2)23-16(20-13)10-19-17(18-3)22-9-6-15(12-22)11-21-7-4-5-8-21/h15H,4-12H2,1-3H3,(H,18,19). The van der Waals surface area contributed by atoms with Gasteiger partial charge in [-0.15, -0.1) is 11.3 Å². The Morgan fingerprint density at radius 1 is 1.30 bits per heavy atom.